The second kappa shape index (κ2) is 8.30. The third-order valence-electron chi connectivity index (χ3n) is 6.39. The van der Waals surface area contributed by atoms with Crippen LogP contribution in [0.15, 0.2) is 109 Å². The van der Waals surface area contributed by atoms with E-state index < -0.39 is 0 Å². The molecule has 6 rings (SSSR count). The number of pyridine rings is 1. The van der Waals surface area contributed by atoms with Crippen molar-refractivity contribution in [2.75, 3.05) is 0 Å². The Morgan fingerprint density at radius 1 is 0.600 bits per heavy atom. The minimum absolute atomic E-state index is 0.561. The molecule has 0 spiro atoms. The van der Waals surface area contributed by atoms with Gasteiger partial charge in [0, 0.05) is 34.3 Å². The van der Waals surface area contributed by atoms with Crippen molar-refractivity contribution in [1.29, 1.82) is 10.5 Å². The van der Waals surface area contributed by atoms with Gasteiger partial charge < -0.3 is 4.57 Å². The molecule has 0 aliphatic carbocycles. The van der Waals surface area contributed by atoms with Gasteiger partial charge in [-0.25, -0.2) is 0 Å². The predicted octanol–water partition coefficient (Wildman–Crippen LogP) is 7.26. The highest BCUT2D eigenvalue weighted by Gasteiger charge is 2.20. The number of hydrogen-bond donors (Lipinski definition) is 0. The fourth-order valence-corrected chi connectivity index (χ4v) is 4.84. The Morgan fingerprint density at radius 3 is 2.06 bits per heavy atom. The molecule has 4 heteroatoms. The van der Waals surface area contributed by atoms with Gasteiger partial charge in [-0.2, -0.15) is 10.5 Å². The van der Waals surface area contributed by atoms with Gasteiger partial charge in [-0.15, -0.1) is 0 Å². The summed E-state index contributed by atoms with van der Waals surface area (Å²) in [5.41, 5.74) is 7.63. The molecule has 6 aromatic rings. The lowest BCUT2D eigenvalue weighted by Gasteiger charge is -2.17. The zero-order valence-corrected chi connectivity index (χ0v) is 18.7. The first-order chi connectivity index (χ1) is 17.3. The molecule has 0 amide bonds. The number of nitrogens with zero attached hydrogens (tertiary/aromatic N) is 4. The van der Waals surface area contributed by atoms with Crippen molar-refractivity contribution in [2.45, 2.75) is 0 Å². The van der Waals surface area contributed by atoms with Crippen molar-refractivity contribution in [3.63, 3.8) is 0 Å². The molecule has 4 nitrogen and oxygen atoms in total. The zero-order valence-electron chi connectivity index (χ0n) is 18.7. The fourth-order valence-electron chi connectivity index (χ4n) is 4.84. The normalized spacial score (nSPS) is 10.8. The van der Waals surface area contributed by atoms with Crippen LogP contribution in [0.2, 0.25) is 0 Å². The van der Waals surface area contributed by atoms with E-state index in [-0.39, 0.29) is 0 Å². The van der Waals surface area contributed by atoms with E-state index in [1.165, 1.54) is 0 Å². The quantitative estimate of drug-likeness (QED) is 0.287. The van der Waals surface area contributed by atoms with Crippen molar-refractivity contribution in [3.8, 4) is 40.1 Å². The Labute approximate surface area is 202 Å². The average molecular weight is 447 g/mol. The standard InChI is InChI=1S/C31H18N4/c32-19-23-9-6-11-26-25-10-4-5-12-29(25)35(31(23)26)30-17-24(20-33)27(22-13-15-34-16-14-22)18-28(30)21-7-2-1-3-8-21/h1-18H. The van der Waals surface area contributed by atoms with Crippen molar-refractivity contribution in [1.82, 2.24) is 9.55 Å². The van der Waals surface area contributed by atoms with Gasteiger partial charge in [0.15, 0.2) is 0 Å². The van der Waals surface area contributed by atoms with Crippen LogP contribution in [0.1, 0.15) is 11.1 Å². The van der Waals surface area contributed by atoms with Crippen LogP contribution in [0.4, 0.5) is 0 Å². The zero-order chi connectivity index (χ0) is 23.8. The van der Waals surface area contributed by atoms with Gasteiger partial charge in [-0.1, -0.05) is 60.7 Å². The summed E-state index contributed by atoms with van der Waals surface area (Å²) >= 11 is 0. The monoisotopic (exact) mass is 446 g/mol. The topological polar surface area (TPSA) is 65.4 Å². The molecule has 2 aromatic heterocycles. The molecule has 0 aliphatic rings. The minimum atomic E-state index is 0.561. The first-order valence-electron chi connectivity index (χ1n) is 11.3. The molecule has 0 unspecified atom stereocenters. The Morgan fingerprint density at radius 2 is 1.29 bits per heavy atom. The third kappa shape index (κ3) is 3.25. The van der Waals surface area contributed by atoms with Crippen LogP contribution in [0.3, 0.4) is 0 Å². The highest BCUT2D eigenvalue weighted by molar-refractivity contribution is 6.11. The molecule has 0 atom stereocenters. The second-order valence-corrected chi connectivity index (χ2v) is 8.29. The Bertz CT molecular complexity index is 1800. The van der Waals surface area contributed by atoms with Crippen LogP contribution in [-0.4, -0.2) is 9.55 Å². The molecule has 0 saturated heterocycles. The highest BCUT2D eigenvalue weighted by atomic mass is 15.0. The average Bonchev–Trinajstić information content (AvgIpc) is 3.28. The van der Waals surface area contributed by atoms with E-state index in [9.17, 15) is 10.5 Å². The summed E-state index contributed by atoms with van der Waals surface area (Å²) in [7, 11) is 0. The smallest absolute Gasteiger partial charge is 0.101 e. The van der Waals surface area contributed by atoms with E-state index >= 15 is 0 Å². The number of para-hydroxylation sites is 2. The molecule has 35 heavy (non-hydrogen) atoms. The fraction of sp³-hybridized carbons (Fsp3) is 0. The molecule has 2 heterocycles. The summed E-state index contributed by atoms with van der Waals surface area (Å²) in [5, 5.41) is 22.2. The largest absolute Gasteiger partial charge is 0.307 e. The Hall–Kier alpha value is -5.19. The lowest BCUT2D eigenvalue weighted by Crippen LogP contribution is -2.01. The van der Waals surface area contributed by atoms with E-state index in [0.717, 1.165) is 49.7 Å². The summed E-state index contributed by atoms with van der Waals surface area (Å²) in [5.74, 6) is 0. The van der Waals surface area contributed by atoms with Gasteiger partial charge in [0.2, 0.25) is 0 Å². The van der Waals surface area contributed by atoms with Crippen LogP contribution >= 0.6 is 0 Å². The molecule has 0 aliphatic heterocycles. The number of rotatable bonds is 3. The van der Waals surface area contributed by atoms with Crippen LogP contribution < -0.4 is 0 Å². The summed E-state index contributed by atoms with van der Waals surface area (Å²) in [6, 6.07) is 36.7. The van der Waals surface area contributed by atoms with Crippen molar-refractivity contribution < 1.29 is 0 Å². The minimum Gasteiger partial charge on any atom is -0.307 e. The maximum Gasteiger partial charge on any atom is 0.101 e. The molecule has 4 aromatic carbocycles. The molecular weight excluding hydrogens is 428 g/mol. The lowest BCUT2D eigenvalue weighted by atomic mass is 9.93. The van der Waals surface area contributed by atoms with E-state index in [1.807, 2.05) is 66.7 Å². The SMILES string of the molecule is N#Cc1cc(-n2c3ccccc3c3cccc(C#N)c32)c(-c2ccccc2)cc1-c1ccncc1. The maximum atomic E-state index is 10.2. The Balaban J connectivity index is 1.80. The predicted molar refractivity (Wildman–Crippen MR) is 139 cm³/mol. The summed E-state index contributed by atoms with van der Waals surface area (Å²) in [6.45, 7) is 0. The second-order valence-electron chi connectivity index (χ2n) is 8.29. The first kappa shape index (κ1) is 20.4. The van der Waals surface area contributed by atoms with Crippen LogP contribution in [0.25, 0.3) is 49.7 Å². The first-order valence-corrected chi connectivity index (χ1v) is 11.3. The molecule has 0 saturated carbocycles. The van der Waals surface area contributed by atoms with Crippen molar-refractivity contribution in [2.24, 2.45) is 0 Å². The number of hydrogen-bond acceptors (Lipinski definition) is 3. The summed E-state index contributed by atoms with van der Waals surface area (Å²) in [4.78, 5) is 4.13. The van der Waals surface area contributed by atoms with E-state index in [0.29, 0.717) is 11.1 Å². The van der Waals surface area contributed by atoms with Crippen LogP contribution in [0.5, 0.6) is 0 Å². The Kier molecular flexibility index (Phi) is 4.84. The number of fused-ring (bicyclic) bond motifs is 3. The van der Waals surface area contributed by atoms with E-state index in [2.05, 4.69) is 52.0 Å². The van der Waals surface area contributed by atoms with Crippen molar-refractivity contribution in [3.05, 3.63) is 121 Å². The summed E-state index contributed by atoms with van der Waals surface area (Å²) in [6.07, 6.45) is 3.47. The number of aromatic nitrogens is 2. The molecule has 0 N–H and O–H groups in total. The van der Waals surface area contributed by atoms with Gasteiger partial charge in [-0.05, 0) is 47.5 Å². The molecular formula is C31H18N4. The molecule has 0 radical (unpaired) electrons. The van der Waals surface area contributed by atoms with Crippen molar-refractivity contribution >= 4 is 21.8 Å². The van der Waals surface area contributed by atoms with Crippen LogP contribution in [-0.2, 0) is 0 Å². The number of benzene rings is 4. The lowest BCUT2D eigenvalue weighted by molar-refractivity contribution is 1.17. The van der Waals surface area contributed by atoms with Gasteiger partial charge in [0.1, 0.15) is 6.07 Å². The van der Waals surface area contributed by atoms with E-state index in [4.69, 9.17) is 0 Å². The summed E-state index contributed by atoms with van der Waals surface area (Å²) < 4.78 is 2.13. The number of nitriles is 2. The highest BCUT2D eigenvalue weighted by Crippen LogP contribution is 2.40. The van der Waals surface area contributed by atoms with E-state index in [1.54, 1.807) is 12.4 Å². The van der Waals surface area contributed by atoms with Gasteiger partial charge in [0.05, 0.1) is 33.9 Å². The molecule has 0 bridgehead atoms. The third-order valence-corrected chi connectivity index (χ3v) is 6.39. The van der Waals surface area contributed by atoms with Gasteiger partial charge in [-0.3, -0.25) is 4.98 Å². The van der Waals surface area contributed by atoms with Gasteiger partial charge >= 0.3 is 0 Å². The maximum absolute atomic E-state index is 10.2. The van der Waals surface area contributed by atoms with Crippen LogP contribution in [0, 0.1) is 22.7 Å². The molecule has 0 fully saturated rings. The molecule has 162 valence electrons. The van der Waals surface area contributed by atoms with Gasteiger partial charge in [0.25, 0.3) is 0 Å².